The molecule has 1 aromatic carbocycles. The van der Waals surface area contributed by atoms with E-state index in [9.17, 15) is 4.79 Å². The minimum absolute atomic E-state index is 0.0626. The Balaban J connectivity index is 2.36. The van der Waals surface area contributed by atoms with Crippen LogP contribution in [-0.2, 0) is 0 Å². The minimum Gasteiger partial charge on any atom is -0.396 e. The summed E-state index contributed by atoms with van der Waals surface area (Å²) >= 11 is 0. The Kier molecular flexibility index (Phi) is 5.49. The van der Waals surface area contributed by atoms with Gasteiger partial charge in [0.2, 0.25) is 0 Å². The molecule has 17 heavy (non-hydrogen) atoms. The second-order valence-corrected chi connectivity index (χ2v) is 4.23. The molecule has 0 radical (unpaired) electrons. The zero-order valence-electron chi connectivity index (χ0n) is 10.4. The number of carbonyl (C=O) groups is 1. The fraction of sp³-hybridized carbons (Fsp3) is 0.462. The van der Waals surface area contributed by atoms with E-state index in [1.165, 1.54) is 0 Å². The lowest BCUT2D eigenvalue weighted by molar-refractivity contribution is 0.245. The van der Waals surface area contributed by atoms with E-state index in [-0.39, 0.29) is 18.7 Å². The van der Waals surface area contributed by atoms with Crippen LogP contribution in [0.2, 0.25) is 0 Å². The number of amides is 2. The first kappa shape index (κ1) is 13.5. The summed E-state index contributed by atoms with van der Waals surface area (Å²) in [6.07, 6.45) is 1.48. The summed E-state index contributed by atoms with van der Waals surface area (Å²) in [7, 11) is 0. The molecule has 2 amide bonds. The number of aliphatic hydroxyl groups excluding tert-OH is 1. The van der Waals surface area contributed by atoms with Crippen LogP contribution in [0, 0.1) is 6.92 Å². The number of nitrogens with one attached hydrogen (secondary N) is 2. The molecular formula is C13H20N2O2. The molecule has 94 valence electrons. The average Bonchev–Trinajstić information content (AvgIpc) is 2.29. The standard InChI is InChI=1S/C13H20N2O2/c1-10-5-7-12(8-6-10)15-13(17)14-11(2)4-3-9-16/h5-8,11,16H,3-4,9H2,1-2H3,(H2,14,15,17). The Morgan fingerprint density at radius 3 is 2.59 bits per heavy atom. The number of rotatable bonds is 5. The van der Waals surface area contributed by atoms with E-state index in [0.29, 0.717) is 6.42 Å². The van der Waals surface area contributed by atoms with Crippen LogP contribution < -0.4 is 10.6 Å². The fourth-order valence-electron chi connectivity index (χ4n) is 1.50. The zero-order chi connectivity index (χ0) is 12.7. The predicted molar refractivity (Wildman–Crippen MR) is 69.1 cm³/mol. The van der Waals surface area contributed by atoms with Gasteiger partial charge in [-0.15, -0.1) is 0 Å². The van der Waals surface area contributed by atoms with Gasteiger partial charge in [0.25, 0.3) is 0 Å². The highest BCUT2D eigenvalue weighted by Crippen LogP contribution is 2.08. The van der Waals surface area contributed by atoms with Crippen molar-refractivity contribution < 1.29 is 9.90 Å². The van der Waals surface area contributed by atoms with Crippen LogP contribution in [0.25, 0.3) is 0 Å². The third kappa shape index (κ3) is 5.36. The number of anilines is 1. The molecular weight excluding hydrogens is 216 g/mol. The van der Waals surface area contributed by atoms with E-state index >= 15 is 0 Å². The van der Waals surface area contributed by atoms with E-state index < -0.39 is 0 Å². The lowest BCUT2D eigenvalue weighted by atomic mass is 10.2. The largest absolute Gasteiger partial charge is 0.396 e. The lowest BCUT2D eigenvalue weighted by Gasteiger charge is -2.14. The number of aliphatic hydroxyl groups is 1. The van der Waals surface area contributed by atoms with Crippen LogP contribution >= 0.6 is 0 Å². The van der Waals surface area contributed by atoms with E-state index in [4.69, 9.17) is 5.11 Å². The minimum atomic E-state index is -0.209. The van der Waals surface area contributed by atoms with Crippen molar-refractivity contribution in [2.45, 2.75) is 32.7 Å². The molecule has 3 N–H and O–H groups in total. The van der Waals surface area contributed by atoms with E-state index in [2.05, 4.69) is 10.6 Å². The third-order valence-electron chi connectivity index (χ3n) is 2.48. The number of hydrogen-bond donors (Lipinski definition) is 3. The van der Waals surface area contributed by atoms with Gasteiger partial charge in [-0.25, -0.2) is 4.79 Å². The Morgan fingerprint density at radius 1 is 1.35 bits per heavy atom. The molecule has 0 aliphatic rings. The predicted octanol–water partition coefficient (Wildman–Crippen LogP) is 2.28. The summed E-state index contributed by atoms with van der Waals surface area (Å²) < 4.78 is 0. The second kappa shape index (κ2) is 6.91. The zero-order valence-corrected chi connectivity index (χ0v) is 10.4. The summed E-state index contributed by atoms with van der Waals surface area (Å²) in [5.41, 5.74) is 1.94. The van der Waals surface area contributed by atoms with Crippen molar-refractivity contribution in [1.82, 2.24) is 5.32 Å². The number of aryl methyl sites for hydroxylation is 1. The Labute approximate surface area is 102 Å². The maximum absolute atomic E-state index is 11.6. The molecule has 1 atom stereocenters. The van der Waals surface area contributed by atoms with Crippen LogP contribution in [0.1, 0.15) is 25.3 Å². The first-order valence-electron chi connectivity index (χ1n) is 5.87. The van der Waals surface area contributed by atoms with Gasteiger partial charge in [0.1, 0.15) is 0 Å². The van der Waals surface area contributed by atoms with Gasteiger partial charge < -0.3 is 15.7 Å². The maximum atomic E-state index is 11.6. The van der Waals surface area contributed by atoms with Gasteiger partial charge in [0, 0.05) is 18.3 Å². The molecule has 1 aromatic rings. The lowest BCUT2D eigenvalue weighted by Crippen LogP contribution is -2.36. The summed E-state index contributed by atoms with van der Waals surface area (Å²) in [4.78, 5) is 11.6. The van der Waals surface area contributed by atoms with Gasteiger partial charge in [0.05, 0.1) is 0 Å². The van der Waals surface area contributed by atoms with Gasteiger partial charge in [-0.2, -0.15) is 0 Å². The quantitative estimate of drug-likeness (QED) is 0.734. The number of hydrogen-bond acceptors (Lipinski definition) is 2. The van der Waals surface area contributed by atoms with Crippen molar-refractivity contribution in [3.8, 4) is 0 Å². The Morgan fingerprint density at radius 2 is 2.00 bits per heavy atom. The van der Waals surface area contributed by atoms with Gasteiger partial charge >= 0.3 is 6.03 Å². The van der Waals surface area contributed by atoms with Crippen LogP contribution in [0.5, 0.6) is 0 Å². The van der Waals surface area contributed by atoms with Crippen molar-refractivity contribution in [1.29, 1.82) is 0 Å². The first-order chi connectivity index (χ1) is 8.11. The van der Waals surface area contributed by atoms with E-state index in [0.717, 1.165) is 17.7 Å². The fourth-order valence-corrected chi connectivity index (χ4v) is 1.50. The molecule has 0 aliphatic heterocycles. The van der Waals surface area contributed by atoms with Gasteiger partial charge in [-0.3, -0.25) is 0 Å². The monoisotopic (exact) mass is 236 g/mol. The summed E-state index contributed by atoms with van der Waals surface area (Å²) in [6, 6.07) is 7.49. The van der Waals surface area contributed by atoms with E-state index in [1.54, 1.807) is 0 Å². The summed E-state index contributed by atoms with van der Waals surface area (Å²) in [5.74, 6) is 0. The molecule has 1 rings (SSSR count). The average molecular weight is 236 g/mol. The highest BCUT2D eigenvalue weighted by molar-refractivity contribution is 5.89. The number of benzene rings is 1. The molecule has 4 nitrogen and oxygen atoms in total. The van der Waals surface area contributed by atoms with Gasteiger partial charge in [-0.1, -0.05) is 17.7 Å². The van der Waals surface area contributed by atoms with Crippen molar-refractivity contribution >= 4 is 11.7 Å². The van der Waals surface area contributed by atoms with Crippen LogP contribution in [0.15, 0.2) is 24.3 Å². The van der Waals surface area contributed by atoms with Gasteiger partial charge in [-0.05, 0) is 38.8 Å². The SMILES string of the molecule is Cc1ccc(NC(=O)NC(C)CCCO)cc1. The smallest absolute Gasteiger partial charge is 0.319 e. The molecule has 0 saturated carbocycles. The number of urea groups is 1. The molecule has 0 spiro atoms. The highest BCUT2D eigenvalue weighted by atomic mass is 16.3. The van der Waals surface area contributed by atoms with Crippen LogP contribution in [-0.4, -0.2) is 23.8 Å². The van der Waals surface area contributed by atoms with E-state index in [1.807, 2.05) is 38.1 Å². The molecule has 0 fully saturated rings. The summed E-state index contributed by atoms with van der Waals surface area (Å²) in [6.45, 7) is 4.08. The molecule has 1 unspecified atom stereocenters. The Bertz CT molecular complexity index is 349. The number of carbonyl (C=O) groups excluding carboxylic acids is 1. The summed E-state index contributed by atoms with van der Waals surface area (Å²) in [5, 5.41) is 14.3. The normalized spacial score (nSPS) is 11.9. The highest BCUT2D eigenvalue weighted by Gasteiger charge is 2.06. The van der Waals surface area contributed by atoms with Crippen molar-refractivity contribution in [2.75, 3.05) is 11.9 Å². The first-order valence-corrected chi connectivity index (χ1v) is 5.87. The van der Waals surface area contributed by atoms with Crippen LogP contribution in [0.4, 0.5) is 10.5 Å². The van der Waals surface area contributed by atoms with Gasteiger partial charge in [0.15, 0.2) is 0 Å². The third-order valence-corrected chi connectivity index (χ3v) is 2.48. The topological polar surface area (TPSA) is 61.4 Å². The maximum Gasteiger partial charge on any atom is 0.319 e. The molecule has 0 aromatic heterocycles. The molecule has 4 heteroatoms. The molecule has 0 saturated heterocycles. The van der Waals surface area contributed by atoms with Crippen molar-refractivity contribution in [2.24, 2.45) is 0 Å². The van der Waals surface area contributed by atoms with Crippen molar-refractivity contribution in [3.05, 3.63) is 29.8 Å². The second-order valence-electron chi connectivity index (χ2n) is 4.23. The molecule has 0 aliphatic carbocycles. The Hall–Kier alpha value is -1.55. The van der Waals surface area contributed by atoms with Crippen LogP contribution in [0.3, 0.4) is 0 Å². The molecule has 0 bridgehead atoms. The molecule has 0 heterocycles. The van der Waals surface area contributed by atoms with Crippen molar-refractivity contribution in [3.63, 3.8) is 0 Å².